The summed E-state index contributed by atoms with van der Waals surface area (Å²) >= 11 is 0. The molecular weight excluding hydrogens is 416 g/mol. The number of nitrogens with one attached hydrogen (secondary N) is 1. The number of ether oxygens (including phenoxy) is 2. The van der Waals surface area contributed by atoms with Crippen LogP contribution >= 0.6 is 0 Å². The Morgan fingerprint density at radius 1 is 0.970 bits per heavy atom. The van der Waals surface area contributed by atoms with Gasteiger partial charge in [-0.05, 0) is 47.4 Å². The van der Waals surface area contributed by atoms with E-state index in [1.165, 1.54) is 0 Å². The van der Waals surface area contributed by atoms with Crippen LogP contribution in [0.1, 0.15) is 15.9 Å². The summed E-state index contributed by atoms with van der Waals surface area (Å²) in [5.41, 5.74) is 3.66. The molecule has 1 saturated heterocycles. The zero-order valence-electron chi connectivity index (χ0n) is 18.9. The van der Waals surface area contributed by atoms with Crippen molar-refractivity contribution in [3.05, 3.63) is 83.9 Å². The lowest BCUT2D eigenvalue weighted by Gasteiger charge is -2.24. The topological polar surface area (TPSA) is 67.9 Å². The third-order valence-corrected chi connectivity index (χ3v) is 5.93. The zero-order valence-corrected chi connectivity index (χ0v) is 18.9. The van der Waals surface area contributed by atoms with Gasteiger partial charge in [0.2, 0.25) is 5.91 Å². The van der Waals surface area contributed by atoms with Gasteiger partial charge in [-0.15, -0.1) is 0 Å². The van der Waals surface area contributed by atoms with Crippen LogP contribution < -0.4 is 14.8 Å². The van der Waals surface area contributed by atoms with Crippen LogP contribution in [0.4, 0.5) is 0 Å². The molecule has 3 aromatic rings. The van der Waals surface area contributed by atoms with Crippen molar-refractivity contribution in [2.75, 3.05) is 33.9 Å². The summed E-state index contributed by atoms with van der Waals surface area (Å²) in [7, 11) is 3.20. The Kier molecular flexibility index (Phi) is 6.93. The Bertz CT molecular complexity index is 1140. The molecule has 1 atom stereocenters. The third kappa shape index (κ3) is 5.17. The predicted octanol–water partition coefficient (Wildman–Crippen LogP) is 3.80. The summed E-state index contributed by atoms with van der Waals surface area (Å²) in [5.74, 6) is 0.836. The smallest absolute Gasteiger partial charge is 0.257 e. The van der Waals surface area contributed by atoms with Crippen molar-refractivity contribution in [3.8, 4) is 22.6 Å². The molecule has 33 heavy (non-hydrogen) atoms. The van der Waals surface area contributed by atoms with Gasteiger partial charge in [0.15, 0.2) is 0 Å². The van der Waals surface area contributed by atoms with E-state index in [4.69, 9.17) is 9.47 Å². The van der Waals surface area contributed by atoms with Crippen LogP contribution in [0.3, 0.4) is 0 Å². The van der Waals surface area contributed by atoms with Gasteiger partial charge >= 0.3 is 0 Å². The van der Waals surface area contributed by atoms with Crippen LogP contribution in [0.5, 0.6) is 11.5 Å². The van der Waals surface area contributed by atoms with Crippen molar-refractivity contribution in [3.63, 3.8) is 0 Å². The molecule has 1 aliphatic rings. The number of amides is 2. The van der Waals surface area contributed by atoms with Gasteiger partial charge in [-0.25, -0.2) is 0 Å². The zero-order chi connectivity index (χ0) is 23.2. The molecule has 6 heteroatoms. The van der Waals surface area contributed by atoms with Gasteiger partial charge in [0, 0.05) is 19.6 Å². The number of hydrogen-bond acceptors (Lipinski definition) is 4. The van der Waals surface area contributed by atoms with Gasteiger partial charge in [-0.2, -0.15) is 0 Å². The molecule has 3 aromatic carbocycles. The van der Waals surface area contributed by atoms with Crippen molar-refractivity contribution in [2.24, 2.45) is 5.92 Å². The lowest BCUT2D eigenvalue weighted by atomic mass is 9.95. The van der Waals surface area contributed by atoms with Gasteiger partial charge in [-0.1, -0.05) is 48.5 Å². The van der Waals surface area contributed by atoms with Gasteiger partial charge in [0.05, 0.1) is 25.7 Å². The molecule has 2 amide bonds. The maximum Gasteiger partial charge on any atom is 0.257 e. The number of methoxy groups -OCH3 is 2. The number of hydrogen-bond donors (Lipinski definition) is 1. The van der Waals surface area contributed by atoms with Gasteiger partial charge < -0.3 is 19.7 Å². The summed E-state index contributed by atoms with van der Waals surface area (Å²) in [6.45, 7) is 1.25. The number of nitrogens with zero attached hydrogens (tertiary/aromatic N) is 1. The first kappa shape index (κ1) is 22.4. The minimum absolute atomic E-state index is 0.0305. The first-order chi connectivity index (χ1) is 16.1. The molecule has 0 radical (unpaired) electrons. The SMILES string of the molecule is COc1cccc(-c2cccc(CC3CN(C(=O)c4ccccc4OC)CCNC3=O)c2)c1. The molecule has 0 aliphatic carbocycles. The average molecular weight is 445 g/mol. The number of para-hydroxylation sites is 1. The quantitative estimate of drug-likeness (QED) is 0.628. The van der Waals surface area contributed by atoms with Gasteiger partial charge in [0.1, 0.15) is 11.5 Å². The van der Waals surface area contributed by atoms with Gasteiger partial charge in [0.25, 0.3) is 5.91 Å². The monoisotopic (exact) mass is 444 g/mol. The second kappa shape index (κ2) is 10.2. The standard InChI is InChI=1S/C27H28N2O4/c1-32-23-10-6-9-21(17-23)20-8-5-7-19(15-20)16-22-18-29(14-13-28-26(22)30)27(31)24-11-3-4-12-25(24)33-2/h3-12,15,17,22H,13-14,16,18H2,1-2H3,(H,28,30). The van der Waals surface area contributed by atoms with Crippen LogP contribution in [0, 0.1) is 5.92 Å². The van der Waals surface area contributed by atoms with Crippen LogP contribution in [-0.2, 0) is 11.2 Å². The largest absolute Gasteiger partial charge is 0.497 e. The molecule has 1 heterocycles. The summed E-state index contributed by atoms with van der Waals surface area (Å²) < 4.78 is 10.7. The van der Waals surface area contributed by atoms with Crippen molar-refractivity contribution < 1.29 is 19.1 Å². The second-order valence-corrected chi connectivity index (χ2v) is 8.08. The predicted molar refractivity (Wildman–Crippen MR) is 128 cm³/mol. The number of carbonyl (C=O) groups excluding carboxylic acids is 2. The number of rotatable bonds is 6. The number of carbonyl (C=O) groups is 2. The molecule has 0 bridgehead atoms. The van der Waals surface area contributed by atoms with E-state index < -0.39 is 0 Å². The van der Waals surface area contributed by atoms with E-state index in [-0.39, 0.29) is 17.7 Å². The average Bonchev–Trinajstić information content (AvgIpc) is 3.05. The van der Waals surface area contributed by atoms with E-state index in [2.05, 4.69) is 11.4 Å². The lowest BCUT2D eigenvalue weighted by molar-refractivity contribution is -0.124. The normalized spacial score (nSPS) is 16.0. The lowest BCUT2D eigenvalue weighted by Crippen LogP contribution is -2.37. The van der Waals surface area contributed by atoms with Crippen molar-refractivity contribution in [2.45, 2.75) is 6.42 Å². The van der Waals surface area contributed by atoms with E-state index in [0.29, 0.717) is 37.4 Å². The molecule has 0 aromatic heterocycles. The molecule has 0 spiro atoms. The van der Waals surface area contributed by atoms with Crippen LogP contribution in [0.25, 0.3) is 11.1 Å². The van der Waals surface area contributed by atoms with Crippen LogP contribution in [0.2, 0.25) is 0 Å². The van der Waals surface area contributed by atoms with Crippen LogP contribution in [-0.4, -0.2) is 50.6 Å². The van der Waals surface area contributed by atoms with Crippen LogP contribution in [0.15, 0.2) is 72.8 Å². The summed E-state index contributed by atoms with van der Waals surface area (Å²) in [6, 6.07) is 23.2. The Hall–Kier alpha value is -3.80. The van der Waals surface area contributed by atoms with E-state index in [1.54, 1.807) is 31.3 Å². The van der Waals surface area contributed by atoms with Gasteiger partial charge in [-0.3, -0.25) is 9.59 Å². The van der Waals surface area contributed by atoms with Crippen molar-refractivity contribution in [1.29, 1.82) is 0 Å². The van der Waals surface area contributed by atoms with E-state index in [1.807, 2.05) is 54.6 Å². The summed E-state index contributed by atoms with van der Waals surface area (Å²) in [5, 5.41) is 2.96. The highest BCUT2D eigenvalue weighted by atomic mass is 16.5. The highest BCUT2D eigenvalue weighted by molar-refractivity contribution is 5.97. The second-order valence-electron chi connectivity index (χ2n) is 8.08. The molecule has 170 valence electrons. The molecule has 1 aliphatic heterocycles. The summed E-state index contributed by atoms with van der Waals surface area (Å²) in [4.78, 5) is 27.8. The molecule has 6 nitrogen and oxygen atoms in total. The highest BCUT2D eigenvalue weighted by Crippen LogP contribution is 2.26. The Morgan fingerprint density at radius 2 is 1.73 bits per heavy atom. The fourth-order valence-corrected chi connectivity index (χ4v) is 4.20. The number of benzene rings is 3. The molecule has 1 N–H and O–H groups in total. The molecule has 4 rings (SSSR count). The van der Waals surface area contributed by atoms with E-state index >= 15 is 0 Å². The minimum Gasteiger partial charge on any atom is -0.497 e. The molecular formula is C27H28N2O4. The molecule has 1 fully saturated rings. The highest BCUT2D eigenvalue weighted by Gasteiger charge is 2.29. The third-order valence-electron chi connectivity index (χ3n) is 5.93. The fraction of sp³-hybridized carbons (Fsp3) is 0.259. The Morgan fingerprint density at radius 3 is 2.52 bits per heavy atom. The Labute approximate surface area is 194 Å². The maximum absolute atomic E-state index is 13.2. The van der Waals surface area contributed by atoms with E-state index in [9.17, 15) is 9.59 Å². The molecule has 0 saturated carbocycles. The molecule has 1 unspecified atom stereocenters. The summed E-state index contributed by atoms with van der Waals surface area (Å²) in [6.07, 6.45) is 0.541. The van der Waals surface area contributed by atoms with Crippen molar-refractivity contribution >= 4 is 11.8 Å². The van der Waals surface area contributed by atoms with E-state index in [0.717, 1.165) is 22.4 Å². The maximum atomic E-state index is 13.2. The minimum atomic E-state index is -0.341. The fourth-order valence-electron chi connectivity index (χ4n) is 4.20. The van der Waals surface area contributed by atoms with Crippen molar-refractivity contribution in [1.82, 2.24) is 10.2 Å². The first-order valence-corrected chi connectivity index (χ1v) is 11.0. The first-order valence-electron chi connectivity index (χ1n) is 11.0. The Balaban J connectivity index is 1.54.